The Kier molecular flexibility index (Phi) is 2.74. The number of aryl methyl sites for hydroxylation is 1. The molecule has 2 nitrogen and oxygen atoms in total. The van der Waals surface area contributed by atoms with Crippen molar-refractivity contribution in [1.29, 1.82) is 0 Å². The van der Waals surface area contributed by atoms with Crippen LogP contribution < -0.4 is 0 Å². The maximum Gasteiger partial charge on any atom is 0.170 e. The fraction of sp³-hybridized carbons (Fsp3) is 0.200. The first-order chi connectivity index (χ1) is 6.75. The highest BCUT2D eigenvalue weighted by atomic mass is 32.1. The summed E-state index contributed by atoms with van der Waals surface area (Å²) in [6, 6.07) is 1.93. The minimum atomic E-state index is 0.157. The first-order valence-electron chi connectivity index (χ1n) is 4.22. The van der Waals surface area contributed by atoms with E-state index in [1.165, 1.54) is 16.2 Å². The molecule has 0 saturated carbocycles. The van der Waals surface area contributed by atoms with Gasteiger partial charge in [0.15, 0.2) is 5.78 Å². The van der Waals surface area contributed by atoms with E-state index in [0.29, 0.717) is 6.42 Å². The summed E-state index contributed by atoms with van der Waals surface area (Å²) in [5, 5.41) is 4.69. The molecule has 0 N–H and O–H groups in total. The van der Waals surface area contributed by atoms with E-state index in [9.17, 15) is 4.79 Å². The highest BCUT2D eigenvalue weighted by Gasteiger charge is 2.09. The van der Waals surface area contributed by atoms with E-state index in [2.05, 4.69) is 4.98 Å². The third-order valence-corrected chi connectivity index (χ3v) is 3.49. The third-order valence-electron chi connectivity index (χ3n) is 1.85. The summed E-state index contributed by atoms with van der Waals surface area (Å²) in [5.41, 5.74) is 0.808. The number of carbonyl (C=O) groups is 1. The van der Waals surface area contributed by atoms with Crippen molar-refractivity contribution < 1.29 is 4.79 Å². The lowest BCUT2D eigenvalue weighted by molar-refractivity contribution is 0.0993. The van der Waals surface area contributed by atoms with Crippen LogP contribution in [0.5, 0.6) is 0 Å². The zero-order valence-corrected chi connectivity index (χ0v) is 9.32. The Bertz CT molecular complexity index is 431. The van der Waals surface area contributed by atoms with Gasteiger partial charge in [0.2, 0.25) is 0 Å². The standard InChI is InChI=1S/C10H9NOS2/c1-7-4-8(6-14-7)9(12)5-10-11-2-3-13-10/h2-4,6H,5H2,1H3. The Morgan fingerprint density at radius 1 is 1.50 bits per heavy atom. The SMILES string of the molecule is Cc1cc(C(=O)Cc2nccs2)cs1. The molecule has 0 saturated heterocycles. The van der Waals surface area contributed by atoms with Gasteiger partial charge in [-0.05, 0) is 13.0 Å². The van der Waals surface area contributed by atoms with Crippen molar-refractivity contribution in [2.75, 3.05) is 0 Å². The normalized spacial score (nSPS) is 10.4. The van der Waals surface area contributed by atoms with Crippen LogP contribution in [0.15, 0.2) is 23.0 Å². The Labute approximate surface area is 90.2 Å². The summed E-state index contributed by atoms with van der Waals surface area (Å²) >= 11 is 3.13. The molecule has 2 aromatic rings. The number of aromatic nitrogens is 1. The molecule has 4 heteroatoms. The van der Waals surface area contributed by atoms with Gasteiger partial charge >= 0.3 is 0 Å². The molecule has 0 amide bonds. The van der Waals surface area contributed by atoms with Crippen molar-refractivity contribution in [2.45, 2.75) is 13.3 Å². The van der Waals surface area contributed by atoms with Crippen LogP contribution in [-0.2, 0) is 6.42 Å². The van der Waals surface area contributed by atoms with Gasteiger partial charge in [0.05, 0.1) is 6.42 Å². The zero-order chi connectivity index (χ0) is 9.97. The monoisotopic (exact) mass is 223 g/mol. The molecule has 0 aromatic carbocycles. The number of ketones is 1. The summed E-state index contributed by atoms with van der Waals surface area (Å²) in [6.45, 7) is 2.00. The van der Waals surface area contributed by atoms with Crippen molar-refractivity contribution >= 4 is 28.5 Å². The minimum absolute atomic E-state index is 0.157. The Balaban J connectivity index is 2.10. The van der Waals surface area contributed by atoms with Gasteiger partial charge in [-0.15, -0.1) is 22.7 Å². The van der Waals surface area contributed by atoms with Crippen LogP contribution >= 0.6 is 22.7 Å². The molecule has 0 aliphatic rings. The van der Waals surface area contributed by atoms with E-state index in [4.69, 9.17) is 0 Å². The van der Waals surface area contributed by atoms with Crippen molar-refractivity contribution in [3.05, 3.63) is 38.5 Å². The zero-order valence-electron chi connectivity index (χ0n) is 7.69. The molecule has 0 unspecified atom stereocenters. The topological polar surface area (TPSA) is 30.0 Å². The molecule has 2 rings (SSSR count). The van der Waals surface area contributed by atoms with Gasteiger partial charge < -0.3 is 0 Å². The van der Waals surface area contributed by atoms with E-state index in [1.807, 2.05) is 23.8 Å². The predicted octanol–water partition coefficient (Wildman–Crippen LogP) is 2.94. The van der Waals surface area contributed by atoms with Crippen LogP contribution in [0.25, 0.3) is 0 Å². The number of hydrogen-bond acceptors (Lipinski definition) is 4. The molecule has 0 atom stereocenters. The van der Waals surface area contributed by atoms with Crippen molar-refractivity contribution in [3.63, 3.8) is 0 Å². The Hall–Kier alpha value is -1.00. The predicted molar refractivity (Wildman–Crippen MR) is 59.2 cm³/mol. The van der Waals surface area contributed by atoms with E-state index >= 15 is 0 Å². The smallest absolute Gasteiger partial charge is 0.170 e. The van der Waals surface area contributed by atoms with Crippen molar-refractivity contribution in [1.82, 2.24) is 4.98 Å². The molecule has 0 aliphatic heterocycles. The van der Waals surface area contributed by atoms with Crippen LogP contribution in [0.2, 0.25) is 0 Å². The number of rotatable bonds is 3. The van der Waals surface area contributed by atoms with Gasteiger partial charge in [-0.25, -0.2) is 4.98 Å². The minimum Gasteiger partial charge on any atom is -0.294 e. The van der Waals surface area contributed by atoms with E-state index in [0.717, 1.165) is 10.6 Å². The number of Topliss-reactive ketones (excluding diaryl/α,β-unsaturated/α-hetero) is 1. The third kappa shape index (κ3) is 2.08. The average molecular weight is 223 g/mol. The number of hydrogen-bond donors (Lipinski definition) is 0. The first kappa shape index (κ1) is 9.55. The van der Waals surface area contributed by atoms with Crippen LogP contribution in [0, 0.1) is 6.92 Å². The molecule has 2 aromatic heterocycles. The Morgan fingerprint density at radius 2 is 2.36 bits per heavy atom. The van der Waals surface area contributed by atoms with Crippen LogP contribution in [-0.4, -0.2) is 10.8 Å². The summed E-state index contributed by atoms with van der Waals surface area (Å²) in [6.07, 6.45) is 2.15. The summed E-state index contributed by atoms with van der Waals surface area (Å²) in [7, 11) is 0. The Morgan fingerprint density at radius 3 is 2.93 bits per heavy atom. The molecule has 0 aliphatic carbocycles. The van der Waals surface area contributed by atoms with Crippen LogP contribution in [0.1, 0.15) is 20.2 Å². The van der Waals surface area contributed by atoms with Gasteiger partial charge in [-0.1, -0.05) is 0 Å². The maximum atomic E-state index is 11.7. The number of carbonyl (C=O) groups excluding carboxylic acids is 1. The van der Waals surface area contributed by atoms with E-state index < -0.39 is 0 Å². The number of thiophene rings is 1. The largest absolute Gasteiger partial charge is 0.294 e. The van der Waals surface area contributed by atoms with Gasteiger partial charge in [0, 0.05) is 27.4 Å². The molecular weight excluding hydrogens is 214 g/mol. The van der Waals surface area contributed by atoms with Gasteiger partial charge in [0.1, 0.15) is 5.01 Å². The second kappa shape index (κ2) is 4.02. The highest BCUT2D eigenvalue weighted by Crippen LogP contribution is 2.16. The molecular formula is C10H9NOS2. The van der Waals surface area contributed by atoms with E-state index in [1.54, 1.807) is 17.5 Å². The summed E-state index contributed by atoms with van der Waals surface area (Å²) in [4.78, 5) is 17.0. The fourth-order valence-electron chi connectivity index (χ4n) is 1.17. The number of nitrogens with zero attached hydrogens (tertiary/aromatic N) is 1. The lowest BCUT2D eigenvalue weighted by atomic mass is 10.1. The second-order valence-corrected chi connectivity index (χ2v) is 5.07. The summed E-state index contributed by atoms with van der Waals surface area (Å²) < 4.78 is 0. The highest BCUT2D eigenvalue weighted by molar-refractivity contribution is 7.10. The first-order valence-corrected chi connectivity index (χ1v) is 5.98. The fourth-order valence-corrected chi connectivity index (χ4v) is 2.49. The summed E-state index contributed by atoms with van der Waals surface area (Å²) in [5.74, 6) is 0.157. The van der Waals surface area contributed by atoms with E-state index in [-0.39, 0.29) is 5.78 Å². The average Bonchev–Trinajstić information content (AvgIpc) is 2.75. The maximum absolute atomic E-state index is 11.7. The van der Waals surface area contributed by atoms with Gasteiger partial charge in [0.25, 0.3) is 0 Å². The van der Waals surface area contributed by atoms with Gasteiger partial charge in [-0.2, -0.15) is 0 Å². The number of thiazole rings is 1. The molecule has 0 bridgehead atoms. The molecule has 0 radical (unpaired) electrons. The van der Waals surface area contributed by atoms with Crippen LogP contribution in [0.4, 0.5) is 0 Å². The second-order valence-electron chi connectivity index (χ2n) is 2.97. The van der Waals surface area contributed by atoms with Gasteiger partial charge in [-0.3, -0.25) is 4.79 Å². The van der Waals surface area contributed by atoms with Crippen molar-refractivity contribution in [2.24, 2.45) is 0 Å². The quantitative estimate of drug-likeness (QED) is 0.749. The molecule has 2 heterocycles. The van der Waals surface area contributed by atoms with Crippen LogP contribution in [0.3, 0.4) is 0 Å². The van der Waals surface area contributed by atoms with Crippen molar-refractivity contribution in [3.8, 4) is 0 Å². The lowest BCUT2D eigenvalue weighted by Gasteiger charge is -1.92. The molecule has 0 fully saturated rings. The lowest BCUT2D eigenvalue weighted by Crippen LogP contribution is -2.01. The molecule has 0 spiro atoms. The molecule has 14 heavy (non-hydrogen) atoms. The molecule has 72 valence electrons.